The molecule has 3 rings (SSSR count). The Balaban J connectivity index is 1.49. The van der Waals surface area contributed by atoms with Gasteiger partial charge in [0.2, 0.25) is 5.91 Å². The number of benzene rings is 2. The van der Waals surface area contributed by atoms with Crippen molar-refractivity contribution >= 4 is 23.9 Å². The second kappa shape index (κ2) is 11.1. The third-order valence-electron chi connectivity index (χ3n) is 4.94. The first-order chi connectivity index (χ1) is 15.0. The molecule has 1 saturated heterocycles. The molecule has 31 heavy (non-hydrogen) atoms. The topological polar surface area (TPSA) is 78.9 Å². The van der Waals surface area contributed by atoms with E-state index in [2.05, 4.69) is 22.3 Å². The van der Waals surface area contributed by atoms with E-state index in [4.69, 9.17) is 4.74 Å². The van der Waals surface area contributed by atoms with Crippen LogP contribution in [0.5, 0.6) is 0 Å². The van der Waals surface area contributed by atoms with E-state index in [9.17, 15) is 14.4 Å². The summed E-state index contributed by atoms with van der Waals surface area (Å²) in [5, 5.41) is 2.48. The van der Waals surface area contributed by atoms with Gasteiger partial charge in [-0.15, -0.1) is 0 Å². The first-order valence-corrected chi connectivity index (χ1v) is 10.3. The monoisotopic (exact) mass is 421 g/mol. The highest BCUT2D eigenvalue weighted by Crippen LogP contribution is 2.10. The highest BCUT2D eigenvalue weighted by atomic mass is 16.5. The molecule has 7 heteroatoms. The van der Waals surface area contributed by atoms with E-state index in [1.807, 2.05) is 36.4 Å². The summed E-state index contributed by atoms with van der Waals surface area (Å²) in [7, 11) is 0. The predicted molar refractivity (Wildman–Crippen MR) is 117 cm³/mol. The fourth-order valence-corrected chi connectivity index (χ4v) is 3.34. The van der Waals surface area contributed by atoms with Gasteiger partial charge in [0, 0.05) is 39.6 Å². The van der Waals surface area contributed by atoms with Crippen LogP contribution in [0.25, 0.3) is 6.08 Å². The maximum Gasteiger partial charge on any atom is 0.355 e. The largest absolute Gasteiger partial charge is 0.451 e. The molecule has 0 spiro atoms. The predicted octanol–water partition coefficient (Wildman–Crippen LogP) is 2.05. The van der Waals surface area contributed by atoms with Crippen molar-refractivity contribution in [3.8, 4) is 0 Å². The Kier molecular flexibility index (Phi) is 7.95. The molecule has 2 aromatic rings. The lowest BCUT2D eigenvalue weighted by Crippen LogP contribution is -2.49. The first-order valence-electron chi connectivity index (χ1n) is 10.3. The number of hydrogen-bond donors (Lipinski definition) is 1. The van der Waals surface area contributed by atoms with E-state index >= 15 is 0 Å². The van der Waals surface area contributed by atoms with E-state index in [0.29, 0.717) is 13.1 Å². The van der Waals surface area contributed by atoms with Gasteiger partial charge in [0.05, 0.1) is 0 Å². The van der Waals surface area contributed by atoms with Crippen LogP contribution in [-0.4, -0.2) is 60.4 Å². The first kappa shape index (κ1) is 22.2. The third-order valence-corrected chi connectivity index (χ3v) is 4.94. The second-order valence-electron chi connectivity index (χ2n) is 7.37. The van der Waals surface area contributed by atoms with Gasteiger partial charge in [-0.25, -0.2) is 4.79 Å². The fourth-order valence-electron chi connectivity index (χ4n) is 3.34. The summed E-state index contributed by atoms with van der Waals surface area (Å²) in [4.78, 5) is 40.4. The molecular weight excluding hydrogens is 394 g/mol. The van der Waals surface area contributed by atoms with Gasteiger partial charge in [0.15, 0.2) is 6.61 Å². The van der Waals surface area contributed by atoms with Crippen LogP contribution in [0.1, 0.15) is 18.1 Å². The maximum absolute atomic E-state index is 12.5. The van der Waals surface area contributed by atoms with E-state index in [1.54, 1.807) is 17.0 Å². The van der Waals surface area contributed by atoms with Crippen LogP contribution < -0.4 is 5.32 Å². The SMILES string of the molecule is CC(=O)N/C(=C/c1ccccc1)C(=O)OCC(=O)N1CCN(Cc2ccccc2)CC1. The summed E-state index contributed by atoms with van der Waals surface area (Å²) in [6.07, 6.45) is 1.52. The van der Waals surface area contributed by atoms with E-state index in [0.717, 1.165) is 25.2 Å². The number of esters is 1. The van der Waals surface area contributed by atoms with Gasteiger partial charge in [-0.05, 0) is 17.2 Å². The average Bonchev–Trinajstić information content (AvgIpc) is 2.78. The molecule has 0 unspecified atom stereocenters. The van der Waals surface area contributed by atoms with E-state index in [1.165, 1.54) is 18.6 Å². The number of carbonyl (C=O) groups excluding carboxylic acids is 3. The van der Waals surface area contributed by atoms with Gasteiger partial charge in [-0.1, -0.05) is 60.7 Å². The van der Waals surface area contributed by atoms with Gasteiger partial charge in [-0.2, -0.15) is 0 Å². The van der Waals surface area contributed by atoms with Crippen LogP contribution in [0.3, 0.4) is 0 Å². The average molecular weight is 421 g/mol. The van der Waals surface area contributed by atoms with Crippen molar-refractivity contribution in [2.24, 2.45) is 0 Å². The summed E-state index contributed by atoms with van der Waals surface area (Å²) in [5.74, 6) is -1.37. The van der Waals surface area contributed by atoms with Gasteiger partial charge in [0.1, 0.15) is 5.70 Å². The number of piperazine rings is 1. The van der Waals surface area contributed by atoms with Crippen LogP contribution in [0.4, 0.5) is 0 Å². The molecule has 0 aliphatic carbocycles. The van der Waals surface area contributed by atoms with Crippen molar-refractivity contribution < 1.29 is 19.1 Å². The molecule has 0 saturated carbocycles. The molecule has 2 aromatic carbocycles. The van der Waals surface area contributed by atoms with Crippen molar-refractivity contribution in [2.75, 3.05) is 32.8 Å². The molecule has 1 aliphatic heterocycles. The van der Waals surface area contributed by atoms with Gasteiger partial charge < -0.3 is 15.0 Å². The number of nitrogens with zero attached hydrogens (tertiary/aromatic N) is 2. The van der Waals surface area contributed by atoms with Crippen molar-refractivity contribution in [3.05, 3.63) is 77.5 Å². The van der Waals surface area contributed by atoms with Gasteiger partial charge >= 0.3 is 5.97 Å². The molecule has 0 aromatic heterocycles. The standard InChI is InChI=1S/C24H27N3O4/c1-19(28)25-22(16-20-8-4-2-5-9-20)24(30)31-18-23(29)27-14-12-26(13-15-27)17-21-10-6-3-7-11-21/h2-11,16H,12-15,17-18H2,1H3,(H,25,28)/b22-16+. The summed E-state index contributed by atoms with van der Waals surface area (Å²) >= 11 is 0. The number of nitrogens with one attached hydrogen (secondary N) is 1. The Morgan fingerprint density at radius 3 is 2.16 bits per heavy atom. The number of rotatable bonds is 7. The summed E-state index contributed by atoms with van der Waals surface area (Å²) in [5.41, 5.74) is 1.98. The number of hydrogen-bond acceptors (Lipinski definition) is 5. The number of carbonyl (C=O) groups is 3. The van der Waals surface area contributed by atoms with E-state index in [-0.39, 0.29) is 24.1 Å². The van der Waals surface area contributed by atoms with Crippen LogP contribution in [0.15, 0.2) is 66.4 Å². The maximum atomic E-state index is 12.5. The van der Waals surface area contributed by atoms with Crippen LogP contribution in [0.2, 0.25) is 0 Å². The number of amides is 2. The zero-order valence-electron chi connectivity index (χ0n) is 17.6. The lowest BCUT2D eigenvalue weighted by atomic mass is 10.2. The smallest absolute Gasteiger partial charge is 0.355 e. The molecule has 0 atom stereocenters. The molecule has 1 N–H and O–H groups in total. The fraction of sp³-hybridized carbons (Fsp3) is 0.292. The highest BCUT2D eigenvalue weighted by molar-refractivity contribution is 5.98. The molecule has 162 valence electrons. The van der Waals surface area contributed by atoms with Gasteiger partial charge in [0.25, 0.3) is 5.91 Å². The Morgan fingerprint density at radius 1 is 0.935 bits per heavy atom. The normalized spacial score (nSPS) is 14.7. The number of ether oxygens (including phenoxy) is 1. The van der Waals surface area contributed by atoms with Crippen molar-refractivity contribution in [2.45, 2.75) is 13.5 Å². The van der Waals surface area contributed by atoms with Crippen molar-refractivity contribution in [3.63, 3.8) is 0 Å². The minimum atomic E-state index is -0.741. The Bertz CT molecular complexity index is 920. The lowest BCUT2D eigenvalue weighted by Gasteiger charge is -2.34. The summed E-state index contributed by atoms with van der Waals surface area (Å²) in [6, 6.07) is 19.3. The zero-order chi connectivity index (χ0) is 22.1. The minimum Gasteiger partial charge on any atom is -0.451 e. The molecule has 1 fully saturated rings. The van der Waals surface area contributed by atoms with E-state index < -0.39 is 5.97 Å². The summed E-state index contributed by atoms with van der Waals surface area (Å²) in [6.45, 7) is 4.50. The van der Waals surface area contributed by atoms with Crippen molar-refractivity contribution in [1.29, 1.82) is 0 Å². The van der Waals surface area contributed by atoms with Crippen LogP contribution in [-0.2, 0) is 25.7 Å². The zero-order valence-corrected chi connectivity index (χ0v) is 17.6. The second-order valence-corrected chi connectivity index (χ2v) is 7.37. The molecule has 7 nitrogen and oxygen atoms in total. The van der Waals surface area contributed by atoms with Crippen molar-refractivity contribution in [1.82, 2.24) is 15.1 Å². The Morgan fingerprint density at radius 2 is 1.55 bits per heavy atom. The third kappa shape index (κ3) is 7.08. The van der Waals surface area contributed by atoms with Crippen LogP contribution in [0, 0.1) is 0 Å². The highest BCUT2D eigenvalue weighted by Gasteiger charge is 2.23. The van der Waals surface area contributed by atoms with Gasteiger partial charge in [-0.3, -0.25) is 14.5 Å². The molecule has 1 aliphatic rings. The Hall–Kier alpha value is -3.45. The molecular formula is C24H27N3O4. The molecule has 1 heterocycles. The molecule has 0 radical (unpaired) electrons. The Labute approximate surface area is 182 Å². The summed E-state index contributed by atoms with van der Waals surface area (Å²) < 4.78 is 5.19. The minimum absolute atomic E-state index is 0.000759. The molecule has 2 amide bonds. The van der Waals surface area contributed by atoms with Crippen LogP contribution >= 0.6 is 0 Å². The molecule has 0 bridgehead atoms. The lowest BCUT2D eigenvalue weighted by molar-refractivity contribution is -0.150. The quantitative estimate of drug-likeness (QED) is 0.547.